The van der Waals surface area contributed by atoms with Crippen LogP contribution in [-0.4, -0.2) is 83.4 Å². The second kappa shape index (κ2) is 12.9. The summed E-state index contributed by atoms with van der Waals surface area (Å²) in [6, 6.07) is 3.99. The van der Waals surface area contributed by atoms with E-state index < -0.39 is 111 Å². The number of fused-ring (bicyclic) bond motifs is 4. The van der Waals surface area contributed by atoms with Gasteiger partial charge in [-0.25, -0.2) is 13.2 Å². The molecule has 6 rings (SSSR count). The Balaban J connectivity index is 1.41. The van der Waals surface area contributed by atoms with Gasteiger partial charge in [0.1, 0.15) is 11.4 Å². The lowest BCUT2D eigenvalue weighted by Crippen LogP contribution is -2.66. The third-order valence-corrected chi connectivity index (χ3v) is 15.6. The zero-order chi connectivity index (χ0) is 43.1. The molecule has 0 amide bonds. The molecule has 19 heteroatoms. The molecule has 1 aromatic carbocycles. The summed E-state index contributed by atoms with van der Waals surface area (Å²) >= 11 is 0. The summed E-state index contributed by atoms with van der Waals surface area (Å²) < 4.78 is 200. The molecule has 5 aliphatic rings. The number of ether oxygens (including phenoxy) is 2. The Bertz CT molecular complexity index is 1880. The van der Waals surface area contributed by atoms with E-state index in [9.17, 15) is 58.1 Å². The number of alkyl halides is 11. The Kier molecular flexibility index (Phi) is 10.0. The minimum atomic E-state index is -6.40. The summed E-state index contributed by atoms with van der Waals surface area (Å²) in [5, 5.41) is 19.0. The van der Waals surface area contributed by atoms with Gasteiger partial charge < -0.3 is 23.9 Å². The fourth-order valence-electron chi connectivity index (χ4n) is 10.3. The normalized spacial score (nSPS) is 36.3. The zero-order valence-electron chi connectivity index (χ0n) is 32.1. The molecule has 2 N–H and O–H groups in total. The van der Waals surface area contributed by atoms with Gasteiger partial charge in [-0.2, -0.15) is 43.5 Å². The molecule has 324 valence electrons. The summed E-state index contributed by atoms with van der Waals surface area (Å²) in [5.74, 6) is -10.4. The van der Waals surface area contributed by atoms with Crippen LogP contribution in [0.3, 0.4) is 0 Å². The molecule has 1 aromatic rings. The van der Waals surface area contributed by atoms with Crippen LogP contribution in [0, 0.1) is 22.7 Å². The lowest BCUT2D eigenvalue weighted by atomic mass is 9.48. The number of rotatable bonds is 7. The number of benzene rings is 1. The highest BCUT2D eigenvalue weighted by molar-refractivity contribution is 7.88. The van der Waals surface area contributed by atoms with E-state index in [-0.39, 0.29) is 49.5 Å². The fraction of sp³-hybridized carbons (Fsp3) is 0.789. The van der Waals surface area contributed by atoms with Crippen LogP contribution in [0.25, 0.3) is 0 Å². The van der Waals surface area contributed by atoms with Gasteiger partial charge in [0.25, 0.3) is 5.67 Å². The van der Waals surface area contributed by atoms with Crippen molar-refractivity contribution in [3.8, 4) is 5.75 Å². The Hall–Kier alpha value is -2.22. The second-order valence-corrected chi connectivity index (χ2v) is 20.1. The molecule has 1 saturated heterocycles. The first-order chi connectivity index (χ1) is 25.6. The third kappa shape index (κ3) is 6.34. The molecule has 7 nitrogen and oxygen atoms in total. The Morgan fingerprint density at radius 2 is 1.35 bits per heavy atom. The summed E-state index contributed by atoms with van der Waals surface area (Å²) in [6.07, 6.45) is -11.8. The fourth-order valence-corrected chi connectivity index (χ4v) is 11.3. The summed E-state index contributed by atoms with van der Waals surface area (Å²) in [5.41, 5.74) is -14.8. The molecule has 57 heavy (non-hydrogen) atoms. The molecule has 3 saturated carbocycles. The van der Waals surface area contributed by atoms with Crippen molar-refractivity contribution in [2.45, 2.75) is 150 Å². The van der Waals surface area contributed by atoms with Crippen molar-refractivity contribution in [2.75, 3.05) is 13.2 Å². The van der Waals surface area contributed by atoms with Gasteiger partial charge in [-0.3, -0.25) is 0 Å². The largest absolute Gasteiger partial charge is 0.428 e. The topological polar surface area (TPSA) is 102 Å². The van der Waals surface area contributed by atoms with Crippen LogP contribution in [0.4, 0.5) is 48.3 Å². The molecule has 4 unspecified atom stereocenters. The predicted molar refractivity (Wildman–Crippen MR) is 182 cm³/mol. The van der Waals surface area contributed by atoms with Gasteiger partial charge in [-0.05, 0) is 94.4 Å². The van der Waals surface area contributed by atoms with Crippen LogP contribution in [-0.2, 0) is 19.6 Å². The van der Waals surface area contributed by atoms with Gasteiger partial charge in [0, 0.05) is 29.6 Å². The van der Waals surface area contributed by atoms with E-state index in [1.54, 1.807) is 0 Å². The average Bonchev–Trinajstić information content (AvgIpc) is 3.35. The third-order valence-electron chi connectivity index (χ3n) is 14.0. The molecule has 4 aliphatic carbocycles. The van der Waals surface area contributed by atoms with Crippen molar-refractivity contribution in [1.82, 2.24) is 0 Å². The maximum Gasteiger partial charge on any atom is 0.428 e. The first kappa shape index (κ1) is 44.3. The van der Waals surface area contributed by atoms with E-state index in [2.05, 4.69) is 4.18 Å². The molecule has 1 heterocycles. The molecule has 9 atom stereocenters. The lowest BCUT2D eigenvalue weighted by Gasteiger charge is -2.59. The van der Waals surface area contributed by atoms with E-state index in [0.717, 1.165) is 24.3 Å². The van der Waals surface area contributed by atoms with Gasteiger partial charge in [0.15, 0.2) is 5.79 Å². The van der Waals surface area contributed by atoms with Gasteiger partial charge in [0.2, 0.25) is 5.67 Å². The van der Waals surface area contributed by atoms with E-state index in [1.807, 2.05) is 13.8 Å². The van der Waals surface area contributed by atoms with Crippen LogP contribution in [0.1, 0.15) is 104 Å². The monoisotopic (exact) mass is 856 g/mol. The molecule has 4 fully saturated rings. The maximum atomic E-state index is 16.1. The predicted octanol–water partition coefficient (Wildman–Crippen LogP) is 9.32. The number of allylic oxidation sites excluding steroid dienone is 1. The average molecular weight is 857 g/mol. The molecule has 0 bridgehead atoms. The van der Waals surface area contributed by atoms with E-state index in [4.69, 9.17) is 9.47 Å². The van der Waals surface area contributed by atoms with E-state index >= 15 is 8.78 Å². The summed E-state index contributed by atoms with van der Waals surface area (Å²) in [7, 11) is -6.39. The van der Waals surface area contributed by atoms with Gasteiger partial charge in [-0.15, -0.1) is 0 Å². The van der Waals surface area contributed by atoms with Crippen molar-refractivity contribution >= 4 is 10.1 Å². The highest BCUT2D eigenvalue weighted by atomic mass is 32.2. The van der Waals surface area contributed by atoms with Crippen molar-refractivity contribution in [3.05, 3.63) is 41.0 Å². The van der Waals surface area contributed by atoms with Gasteiger partial charge in [-0.1, -0.05) is 38.5 Å². The molecule has 0 aromatic heterocycles. The minimum Gasteiger partial charge on any atom is -0.386 e. The first-order valence-electron chi connectivity index (χ1n) is 18.6. The molecule has 0 radical (unpaired) electrons. The Morgan fingerprint density at radius 1 is 0.789 bits per heavy atom. The minimum absolute atomic E-state index is 0.0178. The van der Waals surface area contributed by atoms with Crippen molar-refractivity contribution < 1.29 is 80.6 Å². The number of aliphatic hydroxyl groups is 2. The zero-order valence-corrected chi connectivity index (χ0v) is 32.9. The molecular weight excluding hydrogens is 809 g/mol. The maximum absolute atomic E-state index is 16.1. The second-order valence-electron chi connectivity index (χ2n) is 18.2. The van der Waals surface area contributed by atoms with Gasteiger partial charge >= 0.3 is 33.4 Å². The lowest BCUT2D eigenvalue weighted by molar-refractivity contribution is -0.323. The van der Waals surface area contributed by atoms with Gasteiger partial charge in [0.05, 0.1) is 18.8 Å². The van der Waals surface area contributed by atoms with Crippen LogP contribution >= 0.6 is 0 Å². The highest BCUT2D eigenvalue weighted by Gasteiger charge is 2.80. The first-order valence-corrected chi connectivity index (χ1v) is 20.0. The van der Waals surface area contributed by atoms with Crippen LogP contribution in [0.2, 0.25) is 0 Å². The van der Waals surface area contributed by atoms with Crippen molar-refractivity contribution in [2.24, 2.45) is 22.7 Å². The summed E-state index contributed by atoms with van der Waals surface area (Å²) in [4.78, 5) is 0. The Labute approximate surface area is 323 Å². The van der Waals surface area contributed by atoms with Crippen molar-refractivity contribution in [3.63, 3.8) is 0 Å². The quantitative estimate of drug-likeness (QED) is 0.160. The van der Waals surface area contributed by atoms with Crippen LogP contribution in [0.5, 0.6) is 5.75 Å². The number of hydrogen-bond donors (Lipinski definition) is 2. The smallest absolute Gasteiger partial charge is 0.386 e. The SMILES string of the molecule is CC1(C)COC2(CCC3=C4C(CC[C@@]3(O)C2)C2CC[C@@](O)(C(C)(F)C(F)(F)F)[C@@]2(C)C[C@@H]4c2ccc(OS(=O)(=O)[C@@](C)(F)C(F)(F)C(C)(F)C(F)(F)F)cc2)OC1. The van der Waals surface area contributed by atoms with E-state index in [1.165, 1.54) is 6.92 Å². The van der Waals surface area contributed by atoms with E-state index in [0.29, 0.717) is 37.7 Å². The Morgan fingerprint density at radius 3 is 1.88 bits per heavy atom. The molecule has 1 spiro atoms. The highest BCUT2D eigenvalue weighted by Crippen LogP contribution is 2.71. The van der Waals surface area contributed by atoms with Crippen LogP contribution in [0.15, 0.2) is 35.4 Å². The summed E-state index contributed by atoms with van der Waals surface area (Å²) in [6.45, 7) is 5.09. The number of halogens is 11. The molecule has 1 aliphatic heterocycles. The standard InChI is InChI=1S/C38H47F11O7S/c1-28(2)19-54-34(55-20-28)15-12-26-27-23(11-14-33(26,50)18-34)25-13-16-35(51,30(4,39)37(44,45)46)29(25,3)17-24(27)21-7-9-22(10-8-21)56-57(52,53)32(6,41)36(42,43)31(5,40)38(47,48)49/h7-10,23-25,50-51H,11-20H2,1-6H3/t23?,24-,25?,29+,30?,31?,32-,33-,35+/m1/s1. The van der Waals surface area contributed by atoms with Crippen LogP contribution < -0.4 is 4.18 Å². The molecular formula is C38H47F11O7S. The van der Waals surface area contributed by atoms with Crippen molar-refractivity contribution in [1.29, 1.82) is 0 Å². The number of hydrogen-bond acceptors (Lipinski definition) is 7.